The van der Waals surface area contributed by atoms with Crippen molar-refractivity contribution in [2.45, 2.75) is 60.0 Å². The lowest BCUT2D eigenvalue weighted by Crippen LogP contribution is -2.26. The van der Waals surface area contributed by atoms with E-state index in [4.69, 9.17) is 9.84 Å². The number of allylic oxidation sites excluding steroid dienone is 2. The second-order valence-corrected chi connectivity index (χ2v) is 6.32. The highest BCUT2D eigenvalue weighted by Crippen LogP contribution is 2.21. The zero-order chi connectivity index (χ0) is 15.8. The van der Waals surface area contributed by atoms with Crippen LogP contribution < -0.4 is 0 Å². The Bertz CT molecular complexity index is 359. The van der Waals surface area contributed by atoms with Gasteiger partial charge in [-0.3, -0.25) is 4.79 Å². The zero-order valence-corrected chi connectivity index (χ0v) is 13.8. The van der Waals surface area contributed by atoms with E-state index in [1.54, 1.807) is 7.11 Å². The van der Waals surface area contributed by atoms with Gasteiger partial charge in [0.05, 0.1) is 12.7 Å². The summed E-state index contributed by atoms with van der Waals surface area (Å²) in [5.74, 6) is 0.216. The van der Waals surface area contributed by atoms with Crippen LogP contribution in [0.15, 0.2) is 23.3 Å². The Morgan fingerprint density at radius 3 is 2.30 bits per heavy atom. The van der Waals surface area contributed by atoms with Crippen molar-refractivity contribution in [1.29, 1.82) is 0 Å². The van der Waals surface area contributed by atoms with Gasteiger partial charge < -0.3 is 9.84 Å². The van der Waals surface area contributed by atoms with Crippen LogP contribution in [0, 0.1) is 5.41 Å². The molecule has 0 aromatic carbocycles. The van der Waals surface area contributed by atoms with Gasteiger partial charge in [-0.1, -0.05) is 38.5 Å². The molecule has 1 N–H and O–H groups in total. The number of hydrogen-bond acceptors (Lipinski definition) is 3. The third-order valence-electron chi connectivity index (χ3n) is 3.44. The molecule has 0 aliphatic carbocycles. The first kappa shape index (κ1) is 19.1. The third kappa shape index (κ3) is 7.61. The van der Waals surface area contributed by atoms with E-state index in [1.807, 2.05) is 40.7 Å². The molecule has 1 atom stereocenters. The molecule has 0 rings (SSSR count). The summed E-state index contributed by atoms with van der Waals surface area (Å²) < 4.78 is 5.44. The Morgan fingerprint density at radius 2 is 1.85 bits per heavy atom. The van der Waals surface area contributed by atoms with Gasteiger partial charge in [0.1, 0.15) is 5.78 Å². The largest absolute Gasteiger partial charge is 0.392 e. The maximum Gasteiger partial charge on any atom is 0.141 e. The fourth-order valence-electron chi connectivity index (χ4n) is 1.82. The minimum absolute atomic E-state index is 0.0926. The summed E-state index contributed by atoms with van der Waals surface area (Å²) in [6, 6.07) is 0. The lowest BCUT2D eigenvalue weighted by Gasteiger charge is -2.22. The van der Waals surface area contributed by atoms with E-state index < -0.39 is 0 Å². The SMILES string of the molecule is COC(CC(=O)C(C)(C)C)/C(C)=C/CC/C(C)=C/CO. The second kappa shape index (κ2) is 9.09. The van der Waals surface area contributed by atoms with Crippen LogP contribution in [0.1, 0.15) is 53.9 Å². The van der Waals surface area contributed by atoms with Gasteiger partial charge in [0, 0.05) is 18.9 Å². The zero-order valence-electron chi connectivity index (χ0n) is 13.8. The number of Topliss-reactive ketones (excluding diaryl/α,β-unsaturated/α-hetero) is 1. The Kier molecular flexibility index (Phi) is 8.67. The Balaban J connectivity index is 4.51. The van der Waals surface area contributed by atoms with E-state index in [0.717, 1.165) is 18.4 Å². The average molecular weight is 282 g/mol. The van der Waals surface area contributed by atoms with E-state index in [-0.39, 0.29) is 23.9 Å². The van der Waals surface area contributed by atoms with E-state index in [9.17, 15) is 4.79 Å². The standard InChI is InChI=1S/C17H30O3/c1-13(10-11-18)8-7-9-14(2)15(20-6)12-16(19)17(3,4)5/h9-10,15,18H,7-8,11-12H2,1-6H3/b13-10+,14-9+. The third-order valence-corrected chi connectivity index (χ3v) is 3.44. The molecule has 0 aromatic rings. The molecule has 20 heavy (non-hydrogen) atoms. The second-order valence-electron chi connectivity index (χ2n) is 6.32. The van der Waals surface area contributed by atoms with Gasteiger partial charge in [-0.15, -0.1) is 0 Å². The van der Waals surface area contributed by atoms with Crippen molar-refractivity contribution in [3.63, 3.8) is 0 Å². The molecular weight excluding hydrogens is 252 g/mol. The first-order chi connectivity index (χ1) is 9.22. The van der Waals surface area contributed by atoms with Gasteiger partial charge in [-0.25, -0.2) is 0 Å². The number of ketones is 1. The first-order valence-corrected chi connectivity index (χ1v) is 7.21. The average Bonchev–Trinajstić information content (AvgIpc) is 2.34. The molecule has 0 fully saturated rings. The molecule has 0 bridgehead atoms. The van der Waals surface area contributed by atoms with Crippen molar-refractivity contribution in [3.8, 4) is 0 Å². The number of rotatable bonds is 8. The molecule has 3 heteroatoms. The molecular formula is C17H30O3. The smallest absolute Gasteiger partial charge is 0.141 e. The van der Waals surface area contributed by atoms with Gasteiger partial charge >= 0.3 is 0 Å². The predicted molar refractivity (Wildman–Crippen MR) is 83.7 cm³/mol. The van der Waals surface area contributed by atoms with Crippen LogP contribution in [0.5, 0.6) is 0 Å². The number of hydrogen-bond donors (Lipinski definition) is 1. The van der Waals surface area contributed by atoms with E-state index >= 15 is 0 Å². The fourth-order valence-corrected chi connectivity index (χ4v) is 1.82. The van der Waals surface area contributed by atoms with E-state index in [0.29, 0.717) is 6.42 Å². The number of aliphatic hydroxyl groups excluding tert-OH is 1. The maximum atomic E-state index is 12.1. The Labute approximate surface area is 123 Å². The maximum absolute atomic E-state index is 12.1. The number of methoxy groups -OCH3 is 1. The number of ether oxygens (including phenoxy) is 1. The fraction of sp³-hybridized carbons (Fsp3) is 0.706. The van der Waals surface area contributed by atoms with Gasteiger partial charge in [0.2, 0.25) is 0 Å². The van der Waals surface area contributed by atoms with Crippen LogP contribution in [0.3, 0.4) is 0 Å². The molecule has 0 heterocycles. The summed E-state index contributed by atoms with van der Waals surface area (Å²) in [6.45, 7) is 9.92. The molecule has 3 nitrogen and oxygen atoms in total. The van der Waals surface area contributed by atoms with Gasteiger partial charge in [0.15, 0.2) is 0 Å². The summed E-state index contributed by atoms with van der Waals surface area (Å²) in [7, 11) is 1.65. The normalized spacial score (nSPS) is 15.3. The molecule has 116 valence electrons. The van der Waals surface area contributed by atoms with Gasteiger partial charge in [-0.05, 0) is 32.3 Å². The van der Waals surface area contributed by atoms with Crippen molar-refractivity contribution in [2.75, 3.05) is 13.7 Å². The van der Waals surface area contributed by atoms with Crippen molar-refractivity contribution < 1.29 is 14.6 Å². The molecule has 1 unspecified atom stereocenters. The van der Waals surface area contributed by atoms with Crippen LogP contribution in [-0.2, 0) is 9.53 Å². The van der Waals surface area contributed by atoms with Crippen LogP contribution in [0.4, 0.5) is 0 Å². The quantitative estimate of drug-likeness (QED) is 0.691. The van der Waals surface area contributed by atoms with Crippen LogP contribution in [0.25, 0.3) is 0 Å². The lowest BCUT2D eigenvalue weighted by atomic mass is 9.86. The van der Waals surface area contributed by atoms with E-state index in [1.165, 1.54) is 5.57 Å². The number of aliphatic hydroxyl groups is 1. The highest BCUT2D eigenvalue weighted by molar-refractivity contribution is 5.84. The summed E-state index contributed by atoms with van der Waals surface area (Å²) in [4.78, 5) is 12.1. The lowest BCUT2D eigenvalue weighted by molar-refractivity contribution is -0.128. The van der Waals surface area contributed by atoms with Gasteiger partial charge in [0.25, 0.3) is 0 Å². The van der Waals surface area contributed by atoms with E-state index in [2.05, 4.69) is 6.08 Å². The molecule has 0 radical (unpaired) electrons. The highest BCUT2D eigenvalue weighted by atomic mass is 16.5. The van der Waals surface area contributed by atoms with Crippen LogP contribution >= 0.6 is 0 Å². The summed E-state index contributed by atoms with van der Waals surface area (Å²) in [5.41, 5.74) is 1.95. The molecule has 0 aliphatic rings. The summed E-state index contributed by atoms with van der Waals surface area (Å²) in [6.07, 6.45) is 6.05. The minimum atomic E-state index is -0.322. The summed E-state index contributed by atoms with van der Waals surface area (Å²) in [5, 5.41) is 8.80. The molecule has 0 saturated carbocycles. The number of carbonyl (C=O) groups is 1. The Morgan fingerprint density at radius 1 is 1.25 bits per heavy atom. The Hall–Kier alpha value is -0.930. The molecule has 0 amide bonds. The van der Waals surface area contributed by atoms with Crippen molar-refractivity contribution in [1.82, 2.24) is 0 Å². The molecule has 0 aliphatic heterocycles. The number of carbonyl (C=O) groups excluding carboxylic acids is 1. The van der Waals surface area contributed by atoms with Crippen molar-refractivity contribution in [3.05, 3.63) is 23.3 Å². The van der Waals surface area contributed by atoms with Crippen LogP contribution in [-0.4, -0.2) is 30.7 Å². The van der Waals surface area contributed by atoms with Gasteiger partial charge in [-0.2, -0.15) is 0 Å². The molecule has 0 aromatic heterocycles. The topological polar surface area (TPSA) is 46.5 Å². The summed E-state index contributed by atoms with van der Waals surface area (Å²) >= 11 is 0. The van der Waals surface area contributed by atoms with Crippen molar-refractivity contribution in [2.24, 2.45) is 5.41 Å². The highest BCUT2D eigenvalue weighted by Gasteiger charge is 2.25. The monoisotopic (exact) mass is 282 g/mol. The molecule has 0 saturated heterocycles. The molecule has 0 spiro atoms. The minimum Gasteiger partial charge on any atom is -0.392 e. The van der Waals surface area contributed by atoms with Crippen molar-refractivity contribution >= 4 is 5.78 Å². The predicted octanol–water partition coefficient (Wildman–Crippen LogP) is 3.67. The first-order valence-electron chi connectivity index (χ1n) is 7.21. The van der Waals surface area contributed by atoms with Crippen LogP contribution in [0.2, 0.25) is 0 Å².